The monoisotopic (exact) mass is 401 g/mol. The van der Waals surface area contributed by atoms with Crippen LogP contribution in [0.2, 0.25) is 0 Å². The Bertz CT molecular complexity index is 858. The second-order valence-corrected chi connectivity index (χ2v) is 7.48. The van der Waals surface area contributed by atoms with Crippen molar-refractivity contribution in [2.75, 3.05) is 26.3 Å². The van der Waals surface area contributed by atoms with Crippen LogP contribution in [0.4, 0.5) is 0 Å². The molecule has 0 amide bonds. The first-order valence-corrected chi connectivity index (χ1v) is 10.1. The number of aryl methyl sites for hydroxylation is 2. The topological polar surface area (TPSA) is 88.3 Å². The number of aliphatic hydroxyl groups is 1. The van der Waals surface area contributed by atoms with Gasteiger partial charge in [-0.3, -0.25) is 0 Å². The highest BCUT2D eigenvalue weighted by molar-refractivity contribution is 5.79. The van der Waals surface area contributed by atoms with E-state index in [4.69, 9.17) is 13.9 Å². The number of nitrogens with zero attached hydrogens (tertiary/aromatic N) is 1. The molecule has 1 unspecified atom stereocenters. The van der Waals surface area contributed by atoms with Crippen LogP contribution in [-0.2, 0) is 12.1 Å². The van der Waals surface area contributed by atoms with E-state index in [0.717, 1.165) is 47.1 Å². The molecular formula is C22H31N3O4. The molecule has 3 N–H and O–H groups in total. The van der Waals surface area contributed by atoms with Crippen molar-refractivity contribution in [3.8, 4) is 11.5 Å². The Balaban J connectivity index is 1.67. The number of ether oxygens (including phenoxy) is 2. The van der Waals surface area contributed by atoms with Crippen LogP contribution in [0, 0.1) is 13.8 Å². The fourth-order valence-corrected chi connectivity index (χ4v) is 3.33. The molecule has 3 rings (SSSR count). The van der Waals surface area contributed by atoms with Crippen LogP contribution in [0.5, 0.6) is 11.5 Å². The molecule has 2 aromatic rings. The van der Waals surface area contributed by atoms with Gasteiger partial charge >= 0.3 is 0 Å². The van der Waals surface area contributed by atoms with Gasteiger partial charge in [-0.15, -0.1) is 0 Å². The summed E-state index contributed by atoms with van der Waals surface area (Å²) < 4.78 is 17.0. The molecule has 1 aromatic heterocycles. The van der Waals surface area contributed by atoms with Gasteiger partial charge in [0.1, 0.15) is 17.1 Å². The van der Waals surface area contributed by atoms with Crippen molar-refractivity contribution in [2.24, 2.45) is 4.99 Å². The highest BCUT2D eigenvalue weighted by Gasteiger charge is 2.27. The summed E-state index contributed by atoms with van der Waals surface area (Å²) in [7, 11) is 0. The summed E-state index contributed by atoms with van der Waals surface area (Å²) in [5, 5.41) is 17.4. The van der Waals surface area contributed by atoms with E-state index in [1.807, 2.05) is 45.0 Å². The van der Waals surface area contributed by atoms with Crippen molar-refractivity contribution in [1.29, 1.82) is 0 Å². The van der Waals surface area contributed by atoms with Crippen LogP contribution < -0.4 is 20.1 Å². The van der Waals surface area contributed by atoms with Crippen molar-refractivity contribution in [2.45, 2.75) is 46.3 Å². The van der Waals surface area contributed by atoms with Crippen LogP contribution in [-0.4, -0.2) is 37.4 Å². The molecule has 0 aliphatic carbocycles. The molecule has 0 saturated heterocycles. The number of rotatable bonds is 6. The van der Waals surface area contributed by atoms with E-state index >= 15 is 0 Å². The molecule has 0 spiro atoms. The maximum atomic E-state index is 10.9. The van der Waals surface area contributed by atoms with E-state index in [-0.39, 0.29) is 0 Å². The highest BCUT2D eigenvalue weighted by atomic mass is 16.5. The standard InChI is InChI=1S/C22H31N3O4/c1-5-23-21(25-14-22(4,26)18-11-15(2)29-16(18)3)24-13-17-7-8-19-20(12-17)28-10-6-9-27-19/h7-8,11-12,26H,5-6,9-10,13-14H2,1-4H3,(H2,23,24,25). The van der Waals surface area contributed by atoms with E-state index in [0.29, 0.717) is 32.3 Å². The number of hydrogen-bond donors (Lipinski definition) is 3. The van der Waals surface area contributed by atoms with Crippen LogP contribution in [0.3, 0.4) is 0 Å². The summed E-state index contributed by atoms with van der Waals surface area (Å²) in [5.41, 5.74) is 0.730. The first-order valence-electron chi connectivity index (χ1n) is 10.1. The second kappa shape index (κ2) is 9.22. The van der Waals surface area contributed by atoms with Crippen molar-refractivity contribution in [3.63, 3.8) is 0 Å². The molecule has 1 aromatic carbocycles. The van der Waals surface area contributed by atoms with Gasteiger partial charge < -0.3 is 29.6 Å². The van der Waals surface area contributed by atoms with Gasteiger partial charge in [0, 0.05) is 18.5 Å². The SMILES string of the molecule is CCNC(=NCc1ccc2c(c1)OCCCO2)NCC(C)(O)c1cc(C)oc1C. The average Bonchev–Trinajstić information content (AvgIpc) is 2.89. The predicted octanol–water partition coefficient (Wildman–Crippen LogP) is 3.02. The number of aliphatic imine (C=N–C) groups is 1. The van der Waals surface area contributed by atoms with Gasteiger partial charge in [-0.05, 0) is 51.5 Å². The van der Waals surface area contributed by atoms with Crippen molar-refractivity contribution in [3.05, 3.63) is 46.9 Å². The lowest BCUT2D eigenvalue weighted by Crippen LogP contribution is -2.44. The lowest BCUT2D eigenvalue weighted by Gasteiger charge is -2.24. The van der Waals surface area contributed by atoms with E-state index in [1.165, 1.54) is 0 Å². The molecule has 158 valence electrons. The Morgan fingerprint density at radius 1 is 1.14 bits per heavy atom. The molecule has 0 bridgehead atoms. The Labute approximate surface area is 172 Å². The van der Waals surface area contributed by atoms with Crippen molar-refractivity contribution < 1.29 is 19.0 Å². The van der Waals surface area contributed by atoms with Crippen molar-refractivity contribution in [1.82, 2.24) is 10.6 Å². The van der Waals surface area contributed by atoms with E-state index < -0.39 is 5.60 Å². The molecule has 7 nitrogen and oxygen atoms in total. The highest BCUT2D eigenvalue weighted by Crippen LogP contribution is 2.30. The van der Waals surface area contributed by atoms with Crippen LogP contribution in [0.1, 0.15) is 42.9 Å². The third-order valence-corrected chi connectivity index (χ3v) is 4.80. The van der Waals surface area contributed by atoms with Gasteiger partial charge in [0.25, 0.3) is 0 Å². The lowest BCUT2D eigenvalue weighted by molar-refractivity contribution is 0.0601. The largest absolute Gasteiger partial charge is 0.490 e. The molecule has 2 heterocycles. The summed E-state index contributed by atoms with van der Waals surface area (Å²) >= 11 is 0. The predicted molar refractivity (Wildman–Crippen MR) is 113 cm³/mol. The molecule has 0 radical (unpaired) electrons. The fourth-order valence-electron chi connectivity index (χ4n) is 3.33. The van der Waals surface area contributed by atoms with E-state index in [2.05, 4.69) is 15.6 Å². The lowest BCUT2D eigenvalue weighted by atomic mass is 9.96. The smallest absolute Gasteiger partial charge is 0.191 e. The first-order chi connectivity index (χ1) is 13.9. The third-order valence-electron chi connectivity index (χ3n) is 4.80. The van der Waals surface area contributed by atoms with Gasteiger partial charge in [-0.2, -0.15) is 0 Å². The molecule has 0 saturated carbocycles. The maximum Gasteiger partial charge on any atom is 0.191 e. The Morgan fingerprint density at radius 3 is 2.59 bits per heavy atom. The minimum atomic E-state index is -1.08. The summed E-state index contributed by atoms with van der Waals surface area (Å²) in [6.07, 6.45) is 0.881. The summed E-state index contributed by atoms with van der Waals surface area (Å²) in [6.45, 7) is 10.4. The molecule has 1 aliphatic rings. The second-order valence-electron chi connectivity index (χ2n) is 7.48. The summed E-state index contributed by atoms with van der Waals surface area (Å²) in [6, 6.07) is 7.77. The molecule has 29 heavy (non-hydrogen) atoms. The van der Waals surface area contributed by atoms with Gasteiger partial charge in [0.15, 0.2) is 17.5 Å². The van der Waals surface area contributed by atoms with Gasteiger partial charge in [-0.1, -0.05) is 6.07 Å². The normalized spacial score (nSPS) is 16.1. The Hall–Kier alpha value is -2.67. The summed E-state index contributed by atoms with van der Waals surface area (Å²) in [4.78, 5) is 4.64. The molecule has 0 fully saturated rings. The molecular weight excluding hydrogens is 370 g/mol. The minimum absolute atomic E-state index is 0.305. The van der Waals surface area contributed by atoms with E-state index in [1.54, 1.807) is 6.92 Å². The van der Waals surface area contributed by atoms with Crippen molar-refractivity contribution >= 4 is 5.96 Å². The number of nitrogens with one attached hydrogen (secondary N) is 2. The maximum absolute atomic E-state index is 10.9. The Morgan fingerprint density at radius 2 is 1.90 bits per heavy atom. The van der Waals surface area contributed by atoms with Gasteiger partial charge in [-0.25, -0.2) is 4.99 Å². The zero-order valence-corrected chi connectivity index (χ0v) is 17.7. The minimum Gasteiger partial charge on any atom is -0.490 e. The van der Waals surface area contributed by atoms with Crippen LogP contribution in [0.25, 0.3) is 0 Å². The number of fused-ring (bicyclic) bond motifs is 1. The third kappa shape index (κ3) is 5.44. The van der Waals surface area contributed by atoms with Crippen LogP contribution in [0.15, 0.2) is 33.7 Å². The molecule has 1 aliphatic heterocycles. The number of hydrogen-bond acceptors (Lipinski definition) is 5. The Kier molecular flexibility index (Phi) is 6.69. The van der Waals surface area contributed by atoms with Gasteiger partial charge in [0.2, 0.25) is 0 Å². The summed E-state index contributed by atoms with van der Waals surface area (Å²) in [5.74, 6) is 3.69. The van der Waals surface area contributed by atoms with Crippen LogP contribution >= 0.6 is 0 Å². The quantitative estimate of drug-likeness (QED) is 0.509. The first kappa shape index (κ1) is 21.0. The molecule has 7 heteroatoms. The fraction of sp³-hybridized carbons (Fsp3) is 0.500. The zero-order chi connectivity index (χ0) is 20.9. The van der Waals surface area contributed by atoms with Gasteiger partial charge in [0.05, 0.1) is 26.3 Å². The number of benzene rings is 1. The number of guanidine groups is 1. The average molecular weight is 402 g/mol. The van der Waals surface area contributed by atoms with E-state index in [9.17, 15) is 5.11 Å². The number of furan rings is 1. The zero-order valence-electron chi connectivity index (χ0n) is 17.7. The molecule has 1 atom stereocenters.